The van der Waals surface area contributed by atoms with E-state index >= 15 is 0 Å². The molecular weight excluding hydrogens is 242 g/mol. The van der Waals surface area contributed by atoms with Crippen LogP contribution in [0.3, 0.4) is 0 Å². The molecule has 0 aliphatic heterocycles. The van der Waals surface area contributed by atoms with Crippen LogP contribution in [0.1, 0.15) is 23.7 Å². The van der Waals surface area contributed by atoms with Crippen LogP contribution in [0.4, 0.5) is 0 Å². The SMILES string of the molecule is Cc1nc(COCCCNCc2ccccc2)no1. The molecule has 0 saturated carbocycles. The molecule has 1 N–H and O–H groups in total. The fraction of sp³-hybridized carbons (Fsp3) is 0.429. The van der Waals surface area contributed by atoms with Gasteiger partial charge in [-0.15, -0.1) is 0 Å². The highest BCUT2D eigenvalue weighted by atomic mass is 16.5. The van der Waals surface area contributed by atoms with Crippen molar-refractivity contribution in [3.63, 3.8) is 0 Å². The van der Waals surface area contributed by atoms with Crippen molar-refractivity contribution in [1.82, 2.24) is 15.5 Å². The number of hydrogen-bond acceptors (Lipinski definition) is 5. The number of aryl methyl sites for hydroxylation is 1. The number of ether oxygens (including phenoxy) is 1. The number of rotatable bonds is 8. The molecule has 1 aromatic carbocycles. The maximum Gasteiger partial charge on any atom is 0.223 e. The van der Waals surface area contributed by atoms with Gasteiger partial charge in [0.15, 0.2) is 5.82 Å². The Bertz CT molecular complexity index is 471. The fourth-order valence-electron chi connectivity index (χ4n) is 1.69. The van der Waals surface area contributed by atoms with E-state index in [-0.39, 0.29) is 0 Å². The molecule has 0 radical (unpaired) electrons. The third kappa shape index (κ3) is 5.19. The van der Waals surface area contributed by atoms with Gasteiger partial charge < -0.3 is 14.6 Å². The molecule has 5 heteroatoms. The number of aromatic nitrogens is 2. The maximum atomic E-state index is 5.46. The van der Waals surface area contributed by atoms with Gasteiger partial charge in [-0.2, -0.15) is 4.98 Å². The highest BCUT2D eigenvalue weighted by Gasteiger charge is 2.01. The molecule has 1 aromatic heterocycles. The van der Waals surface area contributed by atoms with Crippen LogP contribution in [0.5, 0.6) is 0 Å². The smallest absolute Gasteiger partial charge is 0.223 e. The second-order valence-electron chi connectivity index (χ2n) is 4.30. The van der Waals surface area contributed by atoms with Gasteiger partial charge in [0.2, 0.25) is 5.89 Å². The highest BCUT2D eigenvalue weighted by Crippen LogP contribution is 1.98. The van der Waals surface area contributed by atoms with Crippen LogP contribution in [0, 0.1) is 6.92 Å². The topological polar surface area (TPSA) is 60.2 Å². The molecular formula is C14H19N3O2. The van der Waals surface area contributed by atoms with Gasteiger partial charge in [-0.1, -0.05) is 35.5 Å². The molecule has 0 unspecified atom stereocenters. The summed E-state index contributed by atoms with van der Waals surface area (Å²) < 4.78 is 10.3. The normalized spacial score (nSPS) is 10.8. The Morgan fingerprint density at radius 2 is 2.11 bits per heavy atom. The van der Waals surface area contributed by atoms with E-state index in [1.54, 1.807) is 6.92 Å². The summed E-state index contributed by atoms with van der Waals surface area (Å²) in [5.41, 5.74) is 1.30. The number of benzene rings is 1. The molecule has 2 rings (SSSR count). The molecule has 1 heterocycles. The van der Waals surface area contributed by atoms with Gasteiger partial charge in [0.1, 0.15) is 6.61 Å². The molecule has 0 bridgehead atoms. The minimum atomic E-state index is 0.413. The molecule has 0 aliphatic rings. The standard InChI is InChI=1S/C14H19N3O2/c1-12-16-14(17-19-12)11-18-9-5-8-15-10-13-6-3-2-4-7-13/h2-4,6-7,15H,5,8-11H2,1H3. The first-order chi connectivity index (χ1) is 9.34. The van der Waals surface area contributed by atoms with Gasteiger partial charge in [0, 0.05) is 20.1 Å². The molecule has 0 saturated heterocycles. The Morgan fingerprint density at radius 3 is 2.84 bits per heavy atom. The third-order valence-electron chi connectivity index (χ3n) is 2.61. The Morgan fingerprint density at radius 1 is 1.26 bits per heavy atom. The van der Waals surface area contributed by atoms with Gasteiger partial charge in [0.05, 0.1) is 0 Å². The average molecular weight is 261 g/mol. The molecule has 0 spiro atoms. The number of nitrogens with one attached hydrogen (secondary N) is 1. The highest BCUT2D eigenvalue weighted by molar-refractivity contribution is 5.14. The Labute approximate surface area is 113 Å². The lowest BCUT2D eigenvalue weighted by molar-refractivity contribution is 0.111. The zero-order chi connectivity index (χ0) is 13.3. The van der Waals surface area contributed by atoms with Crippen LogP contribution in [0.2, 0.25) is 0 Å². The zero-order valence-corrected chi connectivity index (χ0v) is 11.1. The van der Waals surface area contributed by atoms with Gasteiger partial charge in [0.25, 0.3) is 0 Å². The van der Waals surface area contributed by atoms with Crippen LogP contribution < -0.4 is 5.32 Å². The quantitative estimate of drug-likeness (QED) is 0.737. The lowest BCUT2D eigenvalue weighted by Gasteiger charge is -2.05. The molecule has 0 fully saturated rings. The van der Waals surface area contributed by atoms with Crippen molar-refractivity contribution in [3.8, 4) is 0 Å². The number of nitrogens with zero attached hydrogens (tertiary/aromatic N) is 2. The van der Waals surface area contributed by atoms with Crippen molar-refractivity contribution in [2.45, 2.75) is 26.5 Å². The van der Waals surface area contributed by atoms with Crippen LogP contribution in [-0.4, -0.2) is 23.3 Å². The summed E-state index contributed by atoms with van der Waals surface area (Å²) in [6.45, 7) is 4.69. The van der Waals surface area contributed by atoms with Crippen molar-refractivity contribution >= 4 is 0 Å². The first-order valence-electron chi connectivity index (χ1n) is 6.46. The largest absolute Gasteiger partial charge is 0.373 e. The lowest BCUT2D eigenvalue weighted by atomic mass is 10.2. The summed E-state index contributed by atoms with van der Waals surface area (Å²) in [7, 11) is 0. The van der Waals surface area contributed by atoms with E-state index in [1.807, 2.05) is 18.2 Å². The van der Waals surface area contributed by atoms with Gasteiger partial charge in [-0.25, -0.2) is 0 Å². The first-order valence-corrected chi connectivity index (χ1v) is 6.46. The summed E-state index contributed by atoms with van der Waals surface area (Å²) in [6, 6.07) is 10.3. The van der Waals surface area contributed by atoms with E-state index in [9.17, 15) is 0 Å². The minimum Gasteiger partial charge on any atom is -0.373 e. The molecule has 19 heavy (non-hydrogen) atoms. The van der Waals surface area contributed by atoms with Gasteiger partial charge in [-0.05, 0) is 18.5 Å². The van der Waals surface area contributed by atoms with E-state index in [0.29, 0.717) is 24.9 Å². The van der Waals surface area contributed by atoms with E-state index in [0.717, 1.165) is 19.5 Å². The van der Waals surface area contributed by atoms with Crippen LogP contribution in [-0.2, 0) is 17.9 Å². The average Bonchev–Trinajstić information content (AvgIpc) is 2.85. The summed E-state index contributed by atoms with van der Waals surface area (Å²) in [6.07, 6.45) is 0.962. The van der Waals surface area contributed by atoms with Crippen molar-refractivity contribution in [2.24, 2.45) is 0 Å². The monoisotopic (exact) mass is 261 g/mol. The van der Waals surface area contributed by atoms with E-state index < -0.39 is 0 Å². The Hall–Kier alpha value is -1.72. The summed E-state index contributed by atoms with van der Waals surface area (Å²) in [5.74, 6) is 1.18. The van der Waals surface area contributed by atoms with Crippen LogP contribution in [0.15, 0.2) is 34.9 Å². The van der Waals surface area contributed by atoms with Crippen molar-refractivity contribution in [2.75, 3.05) is 13.2 Å². The van der Waals surface area contributed by atoms with Crippen LogP contribution >= 0.6 is 0 Å². The first kappa shape index (κ1) is 13.7. The van der Waals surface area contributed by atoms with Gasteiger partial charge >= 0.3 is 0 Å². The summed E-state index contributed by atoms with van der Waals surface area (Å²) in [4.78, 5) is 4.07. The minimum absolute atomic E-state index is 0.413. The lowest BCUT2D eigenvalue weighted by Crippen LogP contribution is -2.16. The van der Waals surface area contributed by atoms with Crippen molar-refractivity contribution < 1.29 is 9.26 Å². The molecule has 5 nitrogen and oxygen atoms in total. The summed E-state index contributed by atoms with van der Waals surface area (Å²) >= 11 is 0. The predicted octanol–water partition coefficient (Wildman–Crippen LogP) is 2.07. The van der Waals surface area contributed by atoms with E-state index in [1.165, 1.54) is 5.56 Å². The molecule has 0 aliphatic carbocycles. The predicted molar refractivity (Wildman–Crippen MR) is 71.5 cm³/mol. The Balaban J connectivity index is 1.48. The molecule has 102 valence electrons. The summed E-state index contributed by atoms with van der Waals surface area (Å²) in [5, 5.41) is 7.14. The van der Waals surface area contributed by atoms with Gasteiger partial charge in [-0.3, -0.25) is 0 Å². The van der Waals surface area contributed by atoms with E-state index in [2.05, 4.69) is 27.6 Å². The second kappa shape index (κ2) is 7.66. The Kier molecular flexibility index (Phi) is 5.52. The second-order valence-corrected chi connectivity index (χ2v) is 4.30. The number of hydrogen-bond donors (Lipinski definition) is 1. The van der Waals surface area contributed by atoms with Crippen molar-refractivity contribution in [3.05, 3.63) is 47.6 Å². The van der Waals surface area contributed by atoms with Crippen molar-refractivity contribution in [1.29, 1.82) is 0 Å². The third-order valence-corrected chi connectivity index (χ3v) is 2.61. The van der Waals surface area contributed by atoms with E-state index in [4.69, 9.17) is 9.26 Å². The molecule has 0 amide bonds. The molecule has 2 aromatic rings. The maximum absolute atomic E-state index is 5.46. The fourth-order valence-corrected chi connectivity index (χ4v) is 1.69. The van der Waals surface area contributed by atoms with Crippen LogP contribution in [0.25, 0.3) is 0 Å². The molecule has 0 atom stereocenters. The zero-order valence-electron chi connectivity index (χ0n) is 11.1.